The van der Waals surface area contributed by atoms with E-state index >= 15 is 0 Å². The van der Waals surface area contributed by atoms with E-state index in [0.29, 0.717) is 18.9 Å². The number of hydrogen-bond donors (Lipinski definition) is 1. The predicted molar refractivity (Wildman–Crippen MR) is 63.4 cm³/mol. The van der Waals surface area contributed by atoms with E-state index in [1.165, 1.54) is 7.11 Å². The van der Waals surface area contributed by atoms with Crippen molar-refractivity contribution in [1.29, 1.82) is 0 Å². The number of carbonyl (C=O) groups is 1. The van der Waals surface area contributed by atoms with E-state index in [1.807, 2.05) is 18.2 Å². The van der Waals surface area contributed by atoms with Crippen molar-refractivity contribution >= 4 is 5.91 Å². The van der Waals surface area contributed by atoms with Crippen molar-refractivity contribution in [1.82, 2.24) is 5.32 Å². The molecule has 5 nitrogen and oxygen atoms in total. The summed E-state index contributed by atoms with van der Waals surface area (Å²) in [5, 5.41) is 2.66. The first kappa shape index (κ1) is 13.3. The van der Waals surface area contributed by atoms with Crippen LogP contribution in [0.15, 0.2) is 24.3 Å². The molecule has 0 aliphatic carbocycles. The minimum atomic E-state index is -0.151. The number of benzene rings is 1. The molecule has 0 aliphatic heterocycles. The lowest BCUT2D eigenvalue weighted by atomic mass is 10.3. The summed E-state index contributed by atoms with van der Waals surface area (Å²) in [4.78, 5) is 11.0. The monoisotopic (exact) mass is 239 g/mol. The molecule has 0 heterocycles. The minimum absolute atomic E-state index is 0.0686. The summed E-state index contributed by atoms with van der Waals surface area (Å²) in [6, 6.07) is 7.31. The van der Waals surface area contributed by atoms with Crippen molar-refractivity contribution in [2.45, 2.75) is 0 Å². The van der Waals surface area contributed by atoms with Crippen LogP contribution in [0.3, 0.4) is 0 Å². The lowest BCUT2D eigenvalue weighted by Gasteiger charge is -2.08. The Kier molecular flexibility index (Phi) is 5.88. The zero-order valence-corrected chi connectivity index (χ0v) is 10.1. The molecule has 1 amide bonds. The predicted octanol–water partition coefficient (Wildman–Crippen LogP) is 0.837. The van der Waals surface area contributed by atoms with Crippen LogP contribution >= 0.6 is 0 Å². The molecule has 0 atom stereocenters. The highest BCUT2D eigenvalue weighted by atomic mass is 16.5. The van der Waals surface area contributed by atoms with Gasteiger partial charge in [-0.2, -0.15) is 0 Å². The molecule has 1 aromatic carbocycles. The first-order valence-electron chi connectivity index (χ1n) is 5.28. The highest BCUT2D eigenvalue weighted by Crippen LogP contribution is 2.18. The summed E-state index contributed by atoms with van der Waals surface area (Å²) >= 11 is 0. The normalized spacial score (nSPS) is 9.76. The molecule has 0 saturated heterocycles. The molecule has 0 aromatic heterocycles. The van der Waals surface area contributed by atoms with E-state index in [9.17, 15) is 4.79 Å². The Morgan fingerprint density at radius 2 is 2.06 bits per heavy atom. The molecule has 17 heavy (non-hydrogen) atoms. The first-order valence-corrected chi connectivity index (χ1v) is 5.28. The van der Waals surface area contributed by atoms with Crippen LogP contribution in [0.2, 0.25) is 0 Å². The second-order valence-electron chi connectivity index (χ2n) is 3.31. The number of carbonyl (C=O) groups excluding carboxylic acids is 1. The van der Waals surface area contributed by atoms with Crippen LogP contribution in [-0.2, 0) is 9.53 Å². The zero-order chi connectivity index (χ0) is 12.5. The fourth-order valence-corrected chi connectivity index (χ4v) is 1.23. The fourth-order valence-electron chi connectivity index (χ4n) is 1.23. The van der Waals surface area contributed by atoms with Crippen LogP contribution in [-0.4, -0.2) is 39.9 Å². The van der Waals surface area contributed by atoms with Crippen LogP contribution in [0.25, 0.3) is 0 Å². The van der Waals surface area contributed by atoms with Crippen LogP contribution in [0.1, 0.15) is 0 Å². The zero-order valence-electron chi connectivity index (χ0n) is 10.1. The molecule has 0 bridgehead atoms. The van der Waals surface area contributed by atoms with Gasteiger partial charge in [0, 0.05) is 13.2 Å². The van der Waals surface area contributed by atoms with E-state index in [2.05, 4.69) is 10.1 Å². The van der Waals surface area contributed by atoms with Gasteiger partial charge in [0.1, 0.15) is 24.7 Å². The lowest BCUT2D eigenvalue weighted by Crippen LogP contribution is -2.30. The molecule has 0 unspecified atom stereocenters. The van der Waals surface area contributed by atoms with E-state index in [0.717, 1.165) is 5.75 Å². The largest absolute Gasteiger partial charge is 0.497 e. The number of rotatable bonds is 7. The number of amides is 1. The minimum Gasteiger partial charge on any atom is -0.497 e. The Morgan fingerprint density at radius 1 is 1.29 bits per heavy atom. The molecule has 0 radical (unpaired) electrons. The third-order valence-electron chi connectivity index (χ3n) is 2.01. The van der Waals surface area contributed by atoms with Crippen LogP contribution in [0.5, 0.6) is 11.5 Å². The van der Waals surface area contributed by atoms with Crippen LogP contribution in [0.4, 0.5) is 0 Å². The Morgan fingerprint density at radius 3 is 2.76 bits per heavy atom. The third kappa shape index (κ3) is 5.21. The highest BCUT2D eigenvalue weighted by molar-refractivity contribution is 5.77. The van der Waals surface area contributed by atoms with Crippen molar-refractivity contribution in [2.75, 3.05) is 34.0 Å². The summed E-state index contributed by atoms with van der Waals surface area (Å²) in [7, 11) is 3.08. The Labute approximate surface area is 101 Å². The number of ether oxygens (including phenoxy) is 3. The molecule has 1 rings (SSSR count). The molecular weight excluding hydrogens is 222 g/mol. The summed E-state index contributed by atoms with van der Waals surface area (Å²) in [5.41, 5.74) is 0. The molecule has 5 heteroatoms. The van der Waals surface area contributed by atoms with Gasteiger partial charge >= 0.3 is 0 Å². The maximum atomic E-state index is 11.0. The number of methoxy groups -OCH3 is 2. The first-order chi connectivity index (χ1) is 8.26. The molecular formula is C12H17NO4. The van der Waals surface area contributed by atoms with Gasteiger partial charge in [0.05, 0.1) is 13.7 Å². The number of nitrogens with one attached hydrogen (secondary N) is 1. The summed E-state index contributed by atoms with van der Waals surface area (Å²) in [6.45, 7) is 0.918. The number of hydrogen-bond acceptors (Lipinski definition) is 4. The van der Waals surface area contributed by atoms with Crippen LogP contribution in [0, 0.1) is 0 Å². The van der Waals surface area contributed by atoms with Crippen molar-refractivity contribution in [3.8, 4) is 11.5 Å². The van der Waals surface area contributed by atoms with Crippen molar-refractivity contribution in [2.24, 2.45) is 0 Å². The van der Waals surface area contributed by atoms with Gasteiger partial charge in [-0.15, -0.1) is 0 Å². The average molecular weight is 239 g/mol. The summed E-state index contributed by atoms with van der Waals surface area (Å²) < 4.78 is 15.2. The third-order valence-corrected chi connectivity index (χ3v) is 2.01. The Bertz CT molecular complexity index is 354. The van der Waals surface area contributed by atoms with Gasteiger partial charge in [-0.3, -0.25) is 4.79 Å². The summed E-state index contributed by atoms with van der Waals surface area (Å²) in [5.74, 6) is 1.30. The second-order valence-corrected chi connectivity index (χ2v) is 3.31. The van der Waals surface area contributed by atoms with Crippen molar-refractivity contribution in [3.63, 3.8) is 0 Å². The molecule has 0 saturated carbocycles. The van der Waals surface area contributed by atoms with Crippen molar-refractivity contribution < 1.29 is 19.0 Å². The maximum absolute atomic E-state index is 11.0. The van der Waals surface area contributed by atoms with E-state index in [1.54, 1.807) is 13.2 Å². The smallest absolute Gasteiger partial charge is 0.246 e. The van der Waals surface area contributed by atoms with Gasteiger partial charge in [0.25, 0.3) is 0 Å². The molecule has 1 aromatic rings. The van der Waals surface area contributed by atoms with E-state index < -0.39 is 0 Å². The standard InChI is InChI=1S/C12H17NO4/c1-15-9-12(14)13-6-7-17-11-5-3-4-10(8-11)16-2/h3-5,8H,6-7,9H2,1-2H3,(H,13,14). The summed E-state index contributed by atoms with van der Waals surface area (Å²) in [6.07, 6.45) is 0. The van der Waals surface area contributed by atoms with E-state index in [4.69, 9.17) is 9.47 Å². The quantitative estimate of drug-likeness (QED) is 0.716. The second kappa shape index (κ2) is 7.51. The molecule has 1 N–H and O–H groups in total. The van der Waals surface area contributed by atoms with Gasteiger partial charge in [0.15, 0.2) is 0 Å². The Hall–Kier alpha value is -1.75. The lowest BCUT2D eigenvalue weighted by molar-refractivity contribution is -0.124. The van der Waals surface area contributed by atoms with Gasteiger partial charge in [0.2, 0.25) is 5.91 Å². The maximum Gasteiger partial charge on any atom is 0.246 e. The van der Waals surface area contributed by atoms with Crippen molar-refractivity contribution in [3.05, 3.63) is 24.3 Å². The fraction of sp³-hybridized carbons (Fsp3) is 0.417. The Balaban J connectivity index is 2.24. The average Bonchev–Trinajstić information content (AvgIpc) is 2.35. The topological polar surface area (TPSA) is 56.8 Å². The molecule has 0 aliphatic rings. The molecule has 0 spiro atoms. The van der Waals surface area contributed by atoms with Gasteiger partial charge in [-0.25, -0.2) is 0 Å². The van der Waals surface area contributed by atoms with Gasteiger partial charge in [-0.1, -0.05) is 6.07 Å². The molecule has 94 valence electrons. The van der Waals surface area contributed by atoms with Gasteiger partial charge < -0.3 is 19.5 Å². The van der Waals surface area contributed by atoms with Gasteiger partial charge in [-0.05, 0) is 12.1 Å². The molecule has 0 fully saturated rings. The highest BCUT2D eigenvalue weighted by Gasteiger charge is 1.99. The van der Waals surface area contributed by atoms with Crippen LogP contribution < -0.4 is 14.8 Å². The SMILES string of the molecule is COCC(=O)NCCOc1cccc(OC)c1. The van der Waals surface area contributed by atoms with E-state index in [-0.39, 0.29) is 12.5 Å².